The Morgan fingerprint density at radius 1 is 1.18 bits per heavy atom. The Kier molecular flexibility index (Phi) is 5.55. The van der Waals surface area contributed by atoms with Gasteiger partial charge in [-0.15, -0.1) is 0 Å². The lowest BCUT2D eigenvalue weighted by molar-refractivity contribution is -0.917. The first-order valence-electron chi connectivity index (χ1n) is 7.94. The summed E-state index contributed by atoms with van der Waals surface area (Å²) in [7, 11) is 0. The number of carbonyl (C=O) groups excluding carboxylic acids is 2. The number of hydrazine groups is 1. The van der Waals surface area contributed by atoms with E-state index in [0.29, 0.717) is 18.5 Å². The predicted molar refractivity (Wildman–Crippen MR) is 85.0 cm³/mol. The Morgan fingerprint density at radius 3 is 2.32 bits per heavy atom. The molecule has 5 nitrogen and oxygen atoms in total. The summed E-state index contributed by atoms with van der Waals surface area (Å²) in [5.74, 6) is 0.130. The second kappa shape index (κ2) is 7.40. The van der Waals surface area contributed by atoms with Crippen molar-refractivity contribution in [2.45, 2.75) is 52.1 Å². The zero-order valence-corrected chi connectivity index (χ0v) is 13.6. The van der Waals surface area contributed by atoms with Gasteiger partial charge in [-0.25, -0.2) is 0 Å². The molecule has 22 heavy (non-hydrogen) atoms. The molecule has 1 aliphatic carbocycles. The number of quaternary nitrogens is 1. The average Bonchev–Trinajstić information content (AvgIpc) is 3.29. The molecule has 1 saturated carbocycles. The van der Waals surface area contributed by atoms with Crippen LogP contribution in [-0.2, 0) is 16.1 Å². The van der Waals surface area contributed by atoms with E-state index < -0.39 is 0 Å². The lowest BCUT2D eigenvalue weighted by Gasteiger charge is -2.19. The Morgan fingerprint density at radius 2 is 1.82 bits per heavy atom. The van der Waals surface area contributed by atoms with E-state index in [1.807, 2.05) is 0 Å². The average molecular weight is 304 g/mol. The molecule has 1 atom stereocenters. The van der Waals surface area contributed by atoms with Gasteiger partial charge in [0.1, 0.15) is 6.54 Å². The summed E-state index contributed by atoms with van der Waals surface area (Å²) in [5.41, 5.74) is 7.37. The van der Waals surface area contributed by atoms with Crippen molar-refractivity contribution in [2.75, 3.05) is 6.54 Å². The van der Waals surface area contributed by atoms with Gasteiger partial charge < -0.3 is 4.90 Å². The van der Waals surface area contributed by atoms with E-state index in [1.165, 1.54) is 35.8 Å². The summed E-state index contributed by atoms with van der Waals surface area (Å²) >= 11 is 0. The van der Waals surface area contributed by atoms with Crippen LogP contribution in [0.1, 0.15) is 50.7 Å². The third kappa shape index (κ3) is 5.15. The van der Waals surface area contributed by atoms with Gasteiger partial charge in [0.15, 0.2) is 6.54 Å². The van der Waals surface area contributed by atoms with E-state index in [1.54, 1.807) is 0 Å². The second-order valence-corrected chi connectivity index (χ2v) is 6.41. The Labute approximate surface area is 132 Å². The molecule has 3 N–H and O–H groups in total. The van der Waals surface area contributed by atoms with Crippen LogP contribution in [0, 0.1) is 0 Å². The van der Waals surface area contributed by atoms with Crippen molar-refractivity contribution in [2.24, 2.45) is 0 Å². The lowest BCUT2D eigenvalue weighted by atomic mass is 10.0. The number of nitrogens with one attached hydrogen (secondary N) is 3. The van der Waals surface area contributed by atoms with Crippen molar-refractivity contribution in [1.29, 1.82) is 0 Å². The summed E-state index contributed by atoms with van der Waals surface area (Å²) in [4.78, 5) is 24.0. The zero-order valence-electron chi connectivity index (χ0n) is 13.6. The topological polar surface area (TPSA) is 62.6 Å². The minimum absolute atomic E-state index is 0.143. The van der Waals surface area contributed by atoms with E-state index >= 15 is 0 Å². The molecule has 0 spiro atoms. The third-order valence-corrected chi connectivity index (χ3v) is 4.00. The summed E-state index contributed by atoms with van der Waals surface area (Å²) in [5, 5.41) is 0. The first-order chi connectivity index (χ1) is 10.5. The number of amides is 2. The summed E-state index contributed by atoms with van der Waals surface area (Å²) in [6.45, 7) is 6.97. The van der Waals surface area contributed by atoms with Crippen LogP contribution in [0.15, 0.2) is 24.3 Å². The highest BCUT2D eigenvalue weighted by Crippen LogP contribution is 2.17. The molecule has 1 fully saturated rings. The predicted octanol–water partition coefficient (Wildman–Crippen LogP) is 0.525. The molecule has 1 aromatic carbocycles. The summed E-state index contributed by atoms with van der Waals surface area (Å²) < 4.78 is 0. The smallest absolute Gasteiger partial charge is 0.293 e. The Hall–Kier alpha value is -1.88. The number of benzene rings is 1. The lowest BCUT2D eigenvalue weighted by Crippen LogP contribution is -3.13. The molecular formula is C17H26N3O2+. The van der Waals surface area contributed by atoms with Crippen LogP contribution >= 0.6 is 0 Å². The van der Waals surface area contributed by atoms with Crippen molar-refractivity contribution >= 4 is 11.8 Å². The van der Waals surface area contributed by atoms with Crippen LogP contribution in [0.2, 0.25) is 0 Å². The van der Waals surface area contributed by atoms with Crippen molar-refractivity contribution in [3.63, 3.8) is 0 Å². The Balaban J connectivity index is 1.91. The van der Waals surface area contributed by atoms with Crippen LogP contribution < -0.4 is 15.8 Å². The SMILES string of the molecule is CC(=O)NNC(=O)C[NH+](Cc1ccc(C(C)C)cc1)C1CC1. The van der Waals surface area contributed by atoms with E-state index in [0.717, 1.165) is 6.54 Å². The maximum atomic E-state index is 11.9. The van der Waals surface area contributed by atoms with Crippen molar-refractivity contribution < 1.29 is 14.5 Å². The van der Waals surface area contributed by atoms with Crippen molar-refractivity contribution in [1.82, 2.24) is 10.9 Å². The van der Waals surface area contributed by atoms with E-state index in [-0.39, 0.29) is 11.8 Å². The highest BCUT2D eigenvalue weighted by Gasteiger charge is 2.34. The molecular weight excluding hydrogens is 278 g/mol. The molecule has 0 bridgehead atoms. The second-order valence-electron chi connectivity index (χ2n) is 6.41. The molecule has 1 unspecified atom stereocenters. The van der Waals surface area contributed by atoms with Gasteiger partial charge in [0.2, 0.25) is 5.91 Å². The Bertz CT molecular complexity index is 521. The summed E-state index contributed by atoms with van der Waals surface area (Å²) in [6, 6.07) is 9.21. The third-order valence-electron chi connectivity index (χ3n) is 4.00. The summed E-state index contributed by atoms with van der Waals surface area (Å²) in [6.07, 6.45) is 2.35. The largest absolute Gasteiger partial charge is 0.321 e. The first-order valence-corrected chi connectivity index (χ1v) is 7.94. The minimum atomic E-state index is -0.259. The van der Waals surface area contributed by atoms with Crippen LogP contribution in [0.25, 0.3) is 0 Å². The molecule has 120 valence electrons. The van der Waals surface area contributed by atoms with E-state index in [4.69, 9.17) is 0 Å². The molecule has 2 amide bonds. The van der Waals surface area contributed by atoms with Gasteiger partial charge in [0.05, 0.1) is 6.04 Å². The minimum Gasteiger partial charge on any atom is -0.321 e. The molecule has 1 aromatic rings. The number of carbonyl (C=O) groups is 2. The molecule has 0 saturated heterocycles. The number of hydrogen-bond donors (Lipinski definition) is 3. The number of hydrogen-bond acceptors (Lipinski definition) is 2. The maximum absolute atomic E-state index is 11.9. The van der Waals surface area contributed by atoms with Crippen LogP contribution in [0.5, 0.6) is 0 Å². The fourth-order valence-corrected chi connectivity index (χ4v) is 2.53. The van der Waals surface area contributed by atoms with Gasteiger partial charge in [0.25, 0.3) is 5.91 Å². The van der Waals surface area contributed by atoms with Gasteiger partial charge in [-0.1, -0.05) is 38.1 Å². The van der Waals surface area contributed by atoms with Gasteiger partial charge in [-0.05, 0) is 11.5 Å². The molecule has 5 heteroatoms. The van der Waals surface area contributed by atoms with Crippen LogP contribution in [-0.4, -0.2) is 24.4 Å². The fraction of sp³-hybridized carbons (Fsp3) is 0.529. The van der Waals surface area contributed by atoms with Gasteiger partial charge in [0, 0.05) is 25.3 Å². The van der Waals surface area contributed by atoms with Gasteiger partial charge >= 0.3 is 0 Å². The van der Waals surface area contributed by atoms with Gasteiger partial charge in [-0.3, -0.25) is 20.4 Å². The molecule has 2 rings (SSSR count). The zero-order chi connectivity index (χ0) is 16.1. The maximum Gasteiger partial charge on any atom is 0.293 e. The van der Waals surface area contributed by atoms with Crippen molar-refractivity contribution in [3.05, 3.63) is 35.4 Å². The number of rotatable bonds is 6. The molecule has 0 aromatic heterocycles. The quantitative estimate of drug-likeness (QED) is 0.671. The monoisotopic (exact) mass is 304 g/mol. The first kappa shape index (κ1) is 16.5. The fourth-order valence-electron chi connectivity index (χ4n) is 2.53. The molecule has 0 heterocycles. The van der Waals surface area contributed by atoms with E-state index in [2.05, 4.69) is 49.0 Å². The van der Waals surface area contributed by atoms with Crippen LogP contribution in [0.4, 0.5) is 0 Å². The van der Waals surface area contributed by atoms with Crippen molar-refractivity contribution in [3.8, 4) is 0 Å². The van der Waals surface area contributed by atoms with Crippen LogP contribution in [0.3, 0.4) is 0 Å². The highest BCUT2D eigenvalue weighted by molar-refractivity contribution is 5.81. The standard InChI is InChI=1S/C17H25N3O2/c1-12(2)15-6-4-14(5-7-15)10-20(16-8-9-16)11-17(22)19-18-13(3)21/h4-7,12,16H,8-11H2,1-3H3,(H,18,21)(H,19,22)/p+1. The molecule has 0 aliphatic heterocycles. The molecule has 1 aliphatic rings. The van der Waals surface area contributed by atoms with E-state index in [9.17, 15) is 9.59 Å². The highest BCUT2D eigenvalue weighted by atomic mass is 16.2. The molecule has 0 radical (unpaired) electrons. The normalized spacial score (nSPS) is 15.5. The van der Waals surface area contributed by atoms with Gasteiger partial charge in [-0.2, -0.15) is 0 Å².